The van der Waals surface area contributed by atoms with E-state index in [2.05, 4.69) is 37.1 Å². The number of rotatable bonds is 1. The van der Waals surface area contributed by atoms with Gasteiger partial charge in [-0.05, 0) is 31.0 Å². The van der Waals surface area contributed by atoms with Crippen molar-refractivity contribution < 1.29 is 0 Å². The van der Waals surface area contributed by atoms with Crippen molar-refractivity contribution in [1.29, 1.82) is 0 Å². The number of aromatic nitrogens is 2. The van der Waals surface area contributed by atoms with Crippen molar-refractivity contribution in [2.24, 2.45) is 0 Å². The SMILES string of the molecule is CCc1cccc2c(C)cnn12. The largest absolute Gasteiger partial charge is 0.238 e. The summed E-state index contributed by atoms with van der Waals surface area (Å²) in [5.74, 6) is 0. The fraction of sp³-hybridized carbons (Fsp3) is 0.300. The Labute approximate surface area is 71.8 Å². The summed E-state index contributed by atoms with van der Waals surface area (Å²) in [6.45, 7) is 4.23. The summed E-state index contributed by atoms with van der Waals surface area (Å²) in [6, 6.07) is 6.30. The zero-order valence-electron chi connectivity index (χ0n) is 7.41. The molecule has 12 heavy (non-hydrogen) atoms. The van der Waals surface area contributed by atoms with E-state index < -0.39 is 0 Å². The van der Waals surface area contributed by atoms with Crippen LogP contribution in [0.5, 0.6) is 0 Å². The van der Waals surface area contributed by atoms with Crippen LogP contribution in [0.4, 0.5) is 0 Å². The second-order valence-electron chi connectivity index (χ2n) is 3.00. The van der Waals surface area contributed by atoms with Crippen LogP contribution in [0.3, 0.4) is 0 Å². The number of aryl methyl sites for hydroxylation is 2. The Morgan fingerprint density at radius 3 is 3.00 bits per heavy atom. The number of nitrogens with zero attached hydrogens (tertiary/aromatic N) is 2. The van der Waals surface area contributed by atoms with Gasteiger partial charge < -0.3 is 0 Å². The molecule has 0 aliphatic carbocycles. The summed E-state index contributed by atoms with van der Waals surface area (Å²) in [5, 5.41) is 4.31. The Balaban J connectivity index is 2.81. The van der Waals surface area contributed by atoms with Gasteiger partial charge in [0.1, 0.15) is 0 Å². The molecule has 0 amide bonds. The van der Waals surface area contributed by atoms with E-state index in [9.17, 15) is 0 Å². The first-order valence-electron chi connectivity index (χ1n) is 4.25. The van der Waals surface area contributed by atoms with Gasteiger partial charge in [-0.2, -0.15) is 5.10 Å². The molecular weight excluding hydrogens is 148 g/mol. The number of fused-ring (bicyclic) bond motifs is 1. The summed E-state index contributed by atoms with van der Waals surface area (Å²) in [5.41, 5.74) is 3.72. The van der Waals surface area contributed by atoms with Crippen LogP contribution in [0.2, 0.25) is 0 Å². The standard InChI is InChI=1S/C10H12N2/c1-3-9-5-4-6-10-8(2)7-11-12(9)10/h4-7H,3H2,1-2H3. The highest BCUT2D eigenvalue weighted by atomic mass is 15.2. The van der Waals surface area contributed by atoms with Gasteiger partial charge in [-0.15, -0.1) is 0 Å². The maximum absolute atomic E-state index is 4.31. The van der Waals surface area contributed by atoms with E-state index in [1.807, 2.05) is 10.7 Å². The molecule has 0 unspecified atom stereocenters. The lowest BCUT2D eigenvalue weighted by Crippen LogP contribution is -1.95. The lowest BCUT2D eigenvalue weighted by molar-refractivity contribution is 0.865. The summed E-state index contributed by atoms with van der Waals surface area (Å²) < 4.78 is 2.01. The molecule has 0 saturated carbocycles. The molecule has 2 aromatic rings. The minimum atomic E-state index is 1.03. The van der Waals surface area contributed by atoms with Crippen molar-refractivity contribution in [2.45, 2.75) is 20.3 Å². The minimum absolute atomic E-state index is 1.03. The highest BCUT2D eigenvalue weighted by Crippen LogP contribution is 2.11. The van der Waals surface area contributed by atoms with Crippen LogP contribution in [0, 0.1) is 6.92 Å². The van der Waals surface area contributed by atoms with E-state index in [4.69, 9.17) is 0 Å². The third kappa shape index (κ3) is 0.916. The predicted octanol–water partition coefficient (Wildman–Crippen LogP) is 2.21. The van der Waals surface area contributed by atoms with Crippen molar-refractivity contribution in [1.82, 2.24) is 9.61 Å². The highest BCUT2D eigenvalue weighted by molar-refractivity contribution is 5.53. The van der Waals surface area contributed by atoms with E-state index in [1.165, 1.54) is 16.8 Å². The predicted molar refractivity (Wildman–Crippen MR) is 49.3 cm³/mol. The lowest BCUT2D eigenvalue weighted by atomic mass is 10.2. The molecule has 0 atom stereocenters. The van der Waals surface area contributed by atoms with Gasteiger partial charge >= 0.3 is 0 Å². The summed E-state index contributed by atoms with van der Waals surface area (Å²) >= 11 is 0. The first kappa shape index (κ1) is 7.35. The zero-order chi connectivity index (χ0) is 8.55. The maximum Gasteiger partial charge on any atom is 0.0693 e. The summed E-state index contributed by atoms with van der Waals surface area (Å²) in [6.07, 6.45) is 2.94. The molecule has 2 heteroatoms. The topological polar surface area (TPSA) is 17.3 Å². The molecule has 0 bridgehead atoms. The van der Waals surface area contributed by atoms with Crippen molar-refractivity contribution >= 4 is 5.52 Å². The quantitative estimate of drug-likeness (QED) is 0.625. The van der Waals surface area contributed by atoms with Crippen LogP contribution >= 0.6 is 0 Å². The van der Waals surface area contributed by atoms with Gasteiger partial charge in [-0.25, -0.2) is 4.52 Å². The monoisotopic (exact) mass is 160 g/mol. The Morgan fingerprint density at radius 1 is 1.42 bits per heavy atom. The zero-order valence-corrected chi connectivity index (χ0v) is 7.41. The molecule has 0 aromatic carbocycles. The minimum Gasteiger partial charge on any atom is -0.238 e. The summed E-state index contributed by atoms with van der Waals surface area (Å²) in [4.78, 5) is 0. The smallest absolute Gasteiger partial charge is 0.0693 e. The van der Waals surface area contributed by atoms with Gasteiger partial charge in [0.2, 0.25) is 0 Å². The molecule has 2 rings (SSSR count). The van der Waals surface area contributed by atoms with Gasteiger partial charge in [-0.1, -0.05) is 13.0 Å². The van der Waals surface area contributed by atoms with Gasteiger partial charge in [0.25, 0.3) is 0 Å². The second-order valence-corrected chi connectivity index (χ2v) is 3.00. The first-order valence-corrected chi connectivity index (χ1v) is 4.25. The van der Waals surface area contributed by atoms with Crippen molar-refractivity contribution in [3.8, 4) is 0 Å². The van der Waals surface area contributed by atoms with Crippen LogP contribution in [-0.2, 0) is 6.42 Å². The Hall–Kier alpha value is -1.31. The van der Waals surface area contributed by atoms with Gasteiger partial charge in [0, 0.05) is 5.69 Å². The average molecular weight is 160 g/mol. The fourth-order valence-electron chi connectivity index (χ4n) is 1.46. The molecule has 2 nitrogen and oxygen atoms in total. The average Bonchev–Trinajstić information content (AvgIpc) is 2.48. The van der Waals surface area contributed by atoms with Crippen molar-refractivity contribution in [3.05, 3.63) is 35.7 Å². The summed E-state index contributed by atoms with van der Waals surface area (Å²) in [7, 11) is 0. The lowest BCUT2D eigenvalue weighted by Gasteiger charge is -2.00. The second kappa shape index (κ2) is 2.63. The molecule has 0 saturated heterocycles. The normalized spacial score (nSPS) is 10.8. The number of hydrogen-bond donors (Lipinski definition) is 0. The first-order chi connectivity index (χ1) is 5.83. The van der Waals surface area contributed by atoms with Gasteiger partial charge in [0.05, 0.1) is 11.7 Å². The maximum atomic E-state index is 4.31. The van der Waals surface area contributed by atoms with E-state index >= 15 is 0 Å². The number of pyridine rings is 1. The highest BCUT2D eigenvalue weighted by Gasteiger charge is 2.00. The molecule has 0 spiro atoms. The van der Waals surface area contributed by atoms with E-state index in [-0.39, 0.29) is 0 Å². The van der Waals surface area contributed by atoms with E-state index in [0.717, 1.165) is 6.42 Å². The van der Waals surface area contributed by atoms with Crippen LogP contribution in [0.1, 0.15) is 18.2 Å². The molecule has 0 aliphatic rings. The fourth-order valence-corrected chi connectivity index (χ4v) is 1.46. The molecule has 0 radical (unpaired) electrons. The molecule has 0 N–H and O–H groups in total. The van der Waals surface area contributed by atoms with Crippen molar-refractivity contribution in [3.63, 3.8) is 0 Å². The third-order valence-electron chi connectivity index (χ3n) is 2.18. The van der Waals surface area contributed by atoms with Gasteiger partial charge in [0.15, 0.2) is 0 Å². The van der Waals surface area contributed by atoms with Gasteiger partial charge in [-0.3, -0.25) is 0 Å². The van der Waals surface area contributed by atoms with Crippen molar-refractivity contribution in [2.75, 3.05) is 0 Å². The Kier molecular flexibility index (Phi) is 1.61. The van der Waals surface area contributed by atoms with Crippen LogP contribution in [0.25, 0.3) is 5.52 Å². The molecule has 2 heterocycles. The Morgan fingerprint density at radius 2 is 2.25 bits per heavy atom. The third-order valence-corrected chi connectivity index (χ3v) is 2.18. The van der Waals surface area contributed by atoms with Crippen LogP contribution in [-0.4, -0.2) is 9.61 Å². The van der Waals surface area contributed by atoms with E-state index in [0.29, 0.717) is 0 Å². The molecule has 62 valence electrons. The molecule has 0 aliphatic heterocycles. The number of hydrogen-bond acceptors (Lipinski definition) is 1. The molecule has 0 fully saturated rings. The van der Waals surface area contributed by atoms with Crippen LogP contribution < -0.4 is 0 Å². The molecule has 2 aromatic heterocycles. The molecular formula is C10H12N2. The van der Waals surface area contributed by atoms with Crippen LogP contribution in [0.15, 0.2) is 24.4 Å². The van der Waals surface area contributed by atoms with E-state index in [1.54, 1.807) is 0 Å². The Bertz CT molecular complexity index is 401.